The molecule has 60 heavy (non-hydrogen) atoms. The number of nitrogens with two attached hydrogens (primary N) is 2. The van der Waals surface area contributed by atoms with Crippen molar-refractivity contribution in [2.75, 3.05) is 19.8 Å². The van der Waals surface area contributed by atoms with Gasteiger partial charge in [-0.25, -0.2) is 13.4 Å². The molecule has 2 aliphatic carbocycles. The molecule has 11 atom stereocenters. The molecule has 0 amide bonds. The van der Waals surface area contributed by atoms with Crippen LogP contribution in [0.5, 0.6) is 11.5 Å². The molecule has 5 aliphatic heterocycles. The number of benzene rings is 3. The fourth-order valence-electron chi connectivity index (χ4n) is 10.8. The summed E-state index contributed by atoms with van der Waals surface area (Å²) in [6.07, 6.45) is 4.32. The van der Waals surface area contributed by atoms with E-state index < -0.39 is 51.1 Å². The second-order valence-electron chi connectivity index (χ2n) is 17.4. The van der Waals surface area contributed by atoms with Crippen molar-refractivity contribution >= 4 is 16.1 Å². The normalized spacial score (nSPS) is 30.9. The molecule has 0 saturated carbocycles. The van der Waals surface area contributed by atoms with E-state index in [9.17, 15) is 33.4 Å². The number of phenolic OH excluding ortho intramolecular Hbond substituents is 1. The Balaban J connectivity index is 0.00000544. The summed E-state index contributed by atoms with van der Waals surface area (Å²) < 4.78 is 55.6. The molecule has 5 heterocycles. The van der Waals surface area contributed by atoms with Crippen molar-refractivity contribution in [3.05, 3.63) is 106 Å². The molecular formula is C46H54N3NaO9S. The maximum atomic E-state index is 13.9. The van der Waals surface area contributed by atoms with Crippen LogP contribution in [0.25, 0.3) is 0 Å². The predicted octanol–water partition coefficient (Wildman–Crippen LogP) is 1.81. The van der Waals surface area contributed by atoms with Gasteiger partial charge in [-0.1, -0.05) is 61.2 Å². The summed E-state index contributed by atoms with van der Waals surface area (Å²) in [6, 6.07) is 18.3. The standard InChI is InChI=1S/C46H55N3O9S.Na/c1-26-5-6-30-19-36-12-14-37(30)39(26)22-42(59(54,55)56)40-20-33-17-32(21-41-31(25-52)4-2-3-29-18-35(53)11-13-38(29)44(33)57-41)43(40)28-7-9-34(10-8-28)46(58-36,49-45(47)48)23-27(24-51)15-16-50;/h7-14,18-20,26-27,31-32,39-44,50-53H,4-6,15-17,21-25H2,1H3,(H4,47,48,49)(H,54,55,56);/q;+1/p-1/t26-,27+,31+,32+,39-,40-,41-,42+,43-,44+,46-;/m0./s1. The molecule has 314 valence electrons. The first kappa shape index (κ1) is 44.6. The van der Waals surface area contributed by atoms with Crippen molar-refractivity contribution in [2.45, 2.75) is 93.3 Å². The number of aryl methyl sites for hydroxylation is 1. The Kier molecular flexibility index (Phi) is 13.5. The Morgan fingerprint density at radius 1 is 1.05 bits per heavy atom. The van der Waals surface area contributed by atoms with Gasteiger partial charge in [0.15, 0.2) is 5.96 Å². The first-order valence-electron chi connectivity index (χ1n) is 20.8. The van der Waals surface area contributed by atoms with E-state index >= 15 is 0 Å². The first-order chi connectivity index (χ1) is 28.3. The Hall–Kier alpha value is -3.42. The zero-order chi connectivity index (χ0) is 41.6. The predicted molar refractivity (Wildman–Crippen MR) is 221 cm³/mol. The van der Waals surface area contributed by atoms with E-state index in [1.54, 1.807) is 18.2 Å². The van der Waals surface area contributed by atoms with Gasteiger partial charge in [-0.2, -0.15) is 0 Å². The summed E-state index contributed by atoms with van der Waals surface area (Å²) in [5.74, 6) is 4.43. The van der Waals surface area contributed by atoms with Crippen LogP contribution in [0.2, 0.25) is 0 Å². The zero-order valence-corrected chi connectivity index (χ0v) is 37.1. The molecule has 8 N–H and O–H groups in total. The van der Waals surface area contributed by atoms with Crippen LogP contribution in [0.15, 0.2) is 77.3 Å². The number of aliphatic hydroxyl groups is 3. The van der Waals surface area contributed by atoms with Crippen molar-refractivity contribution in [3.63, 3.8) is 0 Å². The number of ether oxygens (including phenoxy) is 2. The maximum Gasteiger partial charge on any atom is 1.00 e. The smallest absolute Gasteiger partial charge is 0.748 e. The van der Waals surface area contributed by atoms with E-state index in [2.05, 4.69) is 18.8 Å². The van der Waals surface area contributed by atoms with Crippen molar-refractivity contribution < 1.29 is 72.4 Å². The van der Waals surface area contributed by atoms with Gasteiger partial charge in [-0.3, -0.25) is 0 Å². The number of guanidine groups is 1. The number of aliphatic imine (C=N–C) groups is 1. The Morgan fingerprint density at radius 3 is 2.52 bits per heavy atom. The molecular weight excluding hydrogens is 794 g/mol. The minimum atomic E-state index is -4.90. The fourth-order valence-corrected chi connectivity index (χ4v) is 11.9. The van der Waals surface area contributed by atoms with Gasteiger partial charge in [0.25, 0.3) is 0 Å². The largest absolute Gasteiger partial charge is 1.00 e. The molecule has 3 aromatic carbocycles. The molecule has 1 fully saturated rings. The maximum absolute atomic E-state index is 13.9. The number of rotatable bonds is 8. The van der Waals surface area contributed by atoms with Crippen LogP contribution < -0.4 is 45.8 Å². The number of phenols is 1. The summed E-state index contributed by atoms with van der Waals surface area (Å²) in [5, 5.41) is 40.3. The van der Waals surface area contributed by atoms with E-state index in [-0.39, 0.29) is 104 Å². The topological polar surface area (TPSA) is 221 Å². The van der Waals surface area contributed by atoms with Gasteiger partial charge < -0.3 is 45.9 Å². The van der Waals surface area contributed by atoms with Gasteiger partial charge in [0, 0.05) is 55.3 Å². The van der Waals surface area contributed by atoms with Gasteiger partial charge in [-0.05, 0) is 121 Å². The van der Waals surface area contributed by atoms with Crippen LogP contribution in [0, 0.1) is 41.4 Å². The van der Waals surface area contributed by atoms with Crippen LogP contribution in [-0.2, 0) is 27.0 Å². The van der Waals surface area contributed by atoms with Crippen LogP contribution in [0.3, 0.4) is 0 Å². The molecule has 0 radical (unpaired) electrons. The van der Waals surface area contributed by atoms with E-state index in [4.69, 9.17) is 25.9 Å². The second-order valence-corrected chi connectivity index (χ2v) is 19.0. The Bertz CT molecular complexity index is 2290. The first-order valence-corrected chi connectivity index (χ1v) is 22.3. The number of fused-ring (bicyclic) bond motifs is 9. The minimum Gasteiger partial charge on any atom is -0.748 e. The summed E-state index contributed by atoms with van der Waals surface area (Å²) in [5.41, 5.74) is 16.3. The van der Waals surface area contributed by atoms with Gasteiger partial charge >= 0.3 is 29.6 Å². The number of aliphatic hydroxyl groups excluding tert-OH is 3. The van der Waals surface area contributed by atoms with Gasteiger partial charge in [0.2, 0.25) is 5.72 Å². The van der Waals surface area contributed by atoms with E-state index in [0.29, 0.717) is 36.1 Å². The molecule has 14 heteroatoms. The molecule has 0 unspecified atom stereocenters. The average Bonchev–Trinajstić information content (AvgIpc) is 3.29. The third-order valence-corrected chi connectivity index (χ3v) is 15.0. The van der Waals surface area contributed by atoms with Crippen molar-refractivity contribution in [1.29, 1.82) is 0 Å². The minimum absolute atomic E-state index is 0. The molecule has 0 spiro atoms. The molecule has 3 aromatic rings. The SMILES string of the molecule is C[C@H]1CCc2cc3ccc2[C@H]1C[C@@H](S(=O)(=O)[O-])[C@@H]1C=C2C[C@H](C[C@@H]4O[C@H]2c2ccc(O)cc2C#CC[C@@H]4CO)[C@@H]1c1ccc(cc1)[C@@](C[C@H](CO)CCO)(N=C(N)N)O3.[Na+]. The van der Waals surface area contributed by atoms with Crippen LogP contribution in [0.4, 0.5) is 0 Å². The number of hydrogen-bond donors (Lipinski definition) is 6. The molecule has 12 nitrogen and oxygen atoms in total. The van der Waals surface area contributed by atoms with E-state index in [1.807, 2.05) is 48.5 Å². The number of aromatic hydroxyl groups is 1. The fraction of sp³-hybridized carbons (Fsp3) is 0.500. The van der Waals surface area contributed by atoms with Crippen LogP contribution in [-0.4, -0.2) is 70.5 Å². The summed E-state index contributed by atoms with van der Waals surface area (Å²) >= 11 is 0. The van der Waals surface area contributed by atoms with Gasteiger partial charge in [0.1, 0.15) is 17.6 Å². The molecule has 10 rings (SSSR count). The van der Waals surface area contributed by atoms with E-state index in [1.165, 1.54) is 0 Å². The van der Waals surface area contributed by atoms with Crippen LogP contribution >= 0.6 is 0 Å². The molecule has 7 aliphatic rings. The van der Waals surface area contributed by atoms with Gasteiger partial charge in [0.05, 0.1) is 21.5 Å². The Labute approximate surface area is 374 Å². The summed E-state index contributed by atoms with van der Waals surface area (Å²) in [6.45, 7) is 1.55. The monoisotopic (exact) mass is 847 g/mol. The van der Waals surface area contributed by atoms with Crippen molar-refractivity contribution in [2.24, 2.45) is 46.0 Å². The summed E-state index contributed by atoms with van der Waals surface area (Å²) in [7, 11) is -4.90. The summed E-state index contributed by atoms with van der Waals surface area (Å²) in [4.78, 5) is 4.72. The van der Waals surface area contributed by atoms with Gasteiger partial charge in [-0.15, -0.1) is 0 Å². The number of allylic oxidation sites excluding steroid dienone is 1. The third-order valence-electron chi connectivity index (χ3n) is 13.7. The van der Waals surface area contributed by atoms with Crippen molar-refractivity contribution in [3.8, 4) is 23.3 Å². The van der Waals surface area contributed by atoms with Crippen molar-refractivity contribution in [1.82, 2.24) is 0 Å². The molecule has 0 aromatic heterocycles. The van der Waals surface area contributed by atoms with E-state index in [0.717, 1.165) is 40.7 Å². The molecule has 1 saturated heterocycles. The third kappa shape index (κ3) is 8.78. The zero-order valence-electron chi connectivity index (χ0n) is 34.2. The number of nitrogens with zero attached hydrogens (tertiary/aromatic N) is 1. The quantitative estimate of drug-likeness (QED) is 0.0480. The van der Waals surface area contributed by atoms with Crippen LogP contribution in [0.1, 0.15) is 103 Å². The molecule has 10 bridgehead atoms. The Morgan fingerprint density at radius 2 is 1.82 bits per heavy atom. The average molecular weight is 848 g/mol. The second kappa shape index (κ2) is 18.1. The number of hydrogen-bond acceptors (Lipinski definition) is 10.